The van der Waals surface area contributed by atoms with Crippen LogP contribution in [0.5, 0.6) is 0 Å². The summed E-state index contributed by atoms with van der Waals surface area (Å²) in [7, 11) is 0. The highest BCUT2D eigenvalue weighted by molar-refractivity contribution is 5.94. The molecule has 0 atom stereocenters. The van der Waals surface area contributed by atoms with Crippen LogP contribution in [0.1, 0.15) is 37.0 Å². The summed E-state index contributed by atoms with van der Waals surface area (Å²) in [5.74, 6) is 0.932. The largest absolute Gasteiger partial charge is 0.357 e. The molecule has 0 aliphatic carbocycles. The van der Waals surface area contributed by atoms with Gasteiger partial charge in [-0.1, -0.05) is 12.1 Å². The molecule has 0 spiro atoms. The Morgan fingerprint density at radius 1 is 1.13 bits per heavy atom. The molecule has 3 rings (SSSR count). The van der Waals surface area contributed by atoms with Gasteiger partial charge in [-0.05, 0) is 38.8 Å². The minimum absolute atomic E-state index is 0.0491. The van der Waals surface area contributed by atoms with Gasteiger partial charge in [0.25, 0.3) is 5.91 Å². The first kappa shape index (κ1) is 15.5. The summed E-state index contributed by atoms with van der Waals surface area (Å²) in [6.45, 7) is 6.02. The Morgan fingerprint density at radius 3 is 2.48 bits per heavy atom. The monoisotopic (exact) mass is 310 g/mol. The summed E-state index contributed by atoms with van der Waals surface area (Å²) in [6.07, 6.45) is 4.06. The van der Waals surface area contributed by atoms with Crippen LogP contribution in [-0.2, 0) is 0 Å². The summed E-state index contributed by atoms with van der Waals surface area (Å²) in [4.78, 5) is 23.0. The van der Waals surface area contributed by atoms with Crippen LogP contribution in [0, 0.1) is 0 Å². The average molecular weight is 310 g/mol. The number of rotatable bonds is 4. The lowest BCUT2D eigenvalue weighted by atomic mass is 10.1. The Hall–Kier alpha value is -2.43. The van der Waals surface area contributed by atoms with Crippen molar-refractivity contribution in [3.8, 4) is 11.3 Å². The SMILES string of the molecule is CC(C)NC(=O)c1ccc(-c2cc(N3CCCC3)ncn2)cc1. The van der Waals surface area contributed by atoms with Crippen molar-refractivity contribution in [2.75, 3.05) is 18.0 Å². The number of benzene rings is 1. The van der Waals surface area contributed by atoms with Gasteiger partial charge in [-0.15, -0.1) is 0 Å². The van der Waals surface area contributed by atoms with E-state index in [9.17, 15) is 4.79 Å². The number of amides is 1. The molecule has 1 N–H and O–H groups in total. The highest BCUT2D eigenvalue weighted by Gasteiger charge is 2.14. The van der Waals surface area contributed by atoms with Gasteiger partial charge in [0.1, 0.15) is 12.1 Å². The van der Waals surface area contributed by atoms with Crippen LogP contribution >= 0.6 is 0 Å². The van der Waals surface area contributed by atoms with Crippen LogP contribution in [0.15, 0.2) is 36.7 Å². The van der Waals surface area contributed by atoms with Gasteiger partial charge in [-0.2, -0.15) is 0 Å². The summed E-state index contributed by atoms with van der Waals surface area (Å²) >= 11 is 0. The molecule has 5 nitrogen and oxygen atoms in total. The molecule has 1 fully saturated rings. The highest BCUT2D eigenvalue weighted by Crippen LogP contribution is 2.23. The molecule has 1 aromatic carbocycles. The molecule has 1 amide bonds. The van der Waals surface area contributed by atoms with Crippen molar-refractivity contribution < 1.29 is 4.79 Å². The summed E-state index contributed by atoms with van der Waals surface area (Å²) in [6, 6.07) is 9.70. The van der Waals surface area contributed by atoms with Crippen molar-refractivity contribution in [3.63, 3.8) is 0 Å². The van der Waals surface area contributed by atoms with E-state index in [1.807, 2.05) is 44.2 Å². The maximum Gasteiger partial charge on any atom is 0.251 e. The van der Waals surface area contributed by atoms with Gasteiger partial charge in [-0.25, -0.2) is 9.97 Å². The maximum absolute atomic E-state index is 12.0. The molecule has 1 aliphatic heterocycles. The van der Waals surface area contributed by atoms with E-state index in [1.165, 1.54) is 12.8 Å². The fourth-order valence-electron chi connectivity index (χ4n) is 2.76. The smallest absolute Gasteiger partial charge is 0.251 e. The van der Waals surface area contributed by atoms with Crippen molar-refractivity contribution in [3.05, 3.63) is 42.2 Å². The second kappa shape index (κ2) is 6.77. The lowest BCUT2D eigenvalue weighted by molar-refractivity contribution is 0.0943. The van der Waals surface area contributed by atoms with E-state index in [4.69, 9.17) is 0 Å². The summed E-state index contributed by atoms with van der Waals surface area (Å²) in [5, 5.41) is 2.89. The van der Waals surface area contributed by atoms with E-state index in [-0.39, 0.29) is 11.9 Å². The third kappa shape index (κ3) is 3.67. The number of nitrogens with zero attached hydrogens (tertiary/aromatic N) is 3. The van der Waals surface area contributed by atoms with Gasteiger partial charge in [0.05, 0.1) is 5.69 Å². The first-order chi connectivity index (χ1) is 11.1. The van der Waals surface area contributed by atoms with Gasteiger partial charge in [0.15, 0.2) is 0 Å². The molecule has 0 saturated carbocycles. The Kier molecular flexibility index (Phi) is 4.55. The molecule has 23 heavy (non-hydrogen) atoms. The van der Waals surface area contributed by atoms with E-state index in [0.717, 1.165) is 30.2 Å². The van der Waals surface area contributed by atoms with Gasteiger partial charge in [0.2, 0.25) is 0 Å². The zero-order valence-electron chi connectivity index (χ0n) is 13.6. The van der Waals surface area contributed by atoms with E-state index >= 15 is 0 Å². The number of hydrogen-bond acceptors (Lipinski definition) is 4. The molecule has 2 aromatic rings. The molecule has 1 saturated heterocycles. The van der Waals surface area contributed by atoms with E-state index in [0.29, 0.717) is 5.56 Å². The quantitative estimate of drug-likeness (QED) is 0.943. The molecule has 1 aromatic heterocycles. The fraction of sp³-hybridized carbons (Fsp3) is 0.389. The zero-order chi connectivity index (χ0) is 16.2. The van der Waals surface area contributed by atoms with Crippen LogP contribution in [0.25, 0.3) is 11.3 Å². The van der Waals surface area contributed by atoms with Crippen LogP contribution in [0.2, 0.25) is 0 Å². The molecule has 1 aliphatic rings. The minimum atomic E-state index is -0.0491. The van der Waals surface area contributed by atoms with Crippen molar-refractivity contribution in [1.82, 2.24) is 15.3 Å². The second-order valence-electron chi connectivity index (χ2n) is 6.16. The molecular weight excluding hydrogens is 288 g/mol. The fourth-order valence-corrected chi connectivity index (χ4v) is 2.76. The first-order valence-electron chi connectivity index (χ1n) is 8.12. The topological polar surface area (TPSA) is 58.1 Å². The Morgan fingerprint density at radius 2 is 1.83 bits per heavy atom. The number of anilines is 1. The van der Waals surface area contributed by atoms with Gasteiger partial charge < -0.3 is 10.2 Å². The van der Waals surface area contributed by atoms with Crippen molar-refractivity contribution >= 4 is 11.7 Å². The third-order valence-corrected chi connectivity index (χ3v) is 3.95. The lowest BCUT2D eigenvalue weighted by Crippen LogP contribution is -2.29. The average Bonchev–Trinajstić information content (AvgIpc) is 3.09. The van der Waals surface area contributed by atoms with Gasteiger partial charge >= 0.3 is 0 Å². The normalized spacial score (nSPS) is 14.3. The van der Waals surface area contributed by atoms with Crippen molar-refractivity contribution in [2.24, 2.45) is 0 Å². The number of carbonyl (C=O) groups is 1. The molecule has 120 valence electrons. The van der Waals surface area contributed by atoms with Crippen LogP contribution in [0.3, 0.4) is 0 Å². The summed E-state index contributed by atoms with van der Waals surface area (Å²) < 4.78 is 0. The van der Waals surface area contributed by atoms with Crippen molar-refractivity contribution in [2.45, 2.75) is 32.7 Å². The maximum atomic E-state index is 12.0. The van der Waals surface area contributed by atoms with E-state index in [1.54, 1.807) is 6.33 Å². The Labute approximate surface area is 136 Å². The van der Waals surface area contributed by atoms with Crippen molar-refractivity contribution in [1.29, 1.82) is 0 Å². The Balaban J connectivity index is 1.79. The number of hydrogen-bond donors (Lipinski definition) is 1. The highest BCUT2D eigenvalue weighted by atomic mass is 16.1. The Bertz CT molecular complexity index is 676. The lowest BCUT2D eigenvalue weighted by Gasteiger charge is -2.16. The molecule has 0 radical (unpaired) electrons. The predicted molar refractivity (Wildman–Crippen MR) is 91.5 cm³/mol. The third-order valence-electron chi connectivity index (χ3n) is 3.95. The minimum Gasteiger partial charge on any atom is -0.357 e. The number of carbonyl (C=O) groups excluding carboxylic acids is 1. The van der Waals surface area contributed by atoms with E-state index in [2.05, 4.69) is 20.2 Å². The first-order valence-corrected chi connectivity index (χ1v) is 8.12. The summed E-state index contributed by atoms with van der Waals surface area (Å²) in [5.41, 5.74) is 2.54. The van der Waals surface area contributed by atoms with Crippen LogP contribution < -0.4 is 10.2 Å². The van der Waals surface area contributed by atoms with Gasteiger partial charge in [0, 0.05) is 36.3 Å². The molecule has 0 unspecified atom stereocenters. The van der Waals surface area contributed by atoms with E-state index < -0.39 is 0 Å². The molecule has 2 heterocycles. The number of aromatic nitrogens is 2. The van der Waals surface area contributed by atoms with Crippen LogP contribution in [0.4, 0.5) is 5.82 Å². The van der Waals surface area contributed by atoms with Crippen LogP contribution in [-0.4, -0.2) is 35.0 Å². The number of nitrogens with one attached hydrogen (secondary N) is 1. The molecule has 0 bridgehead atoms. The van der Waals surface area contributed by atoms with Gasteiger partial charge in [-0.3, -0.25) is 4.79 Å². The predicted octanol–water partition coefficient (Wildman–Crippen LogP) is 2.88. The second-order valence-corrected chi connectivity index (χ2v) is 6.16. The molecular formula is C18H22N4O. The standard InChI is InChI=1S/C18H22N4O/c1-13(2)21-18(23)15-7-5-14(6-8-15)16-11-17(20-12-19-16)22-9-3-4-10-22/h5-8,11-13H,3-4,9-10H2,1-2H3,(H,21,23). The zero-order valence-corrected chi connectivity index (χ0v) is 13.6. The molecule has 5 heteroatoms.